The summed E-state index contributed by atoms with van der Waals surface area (Å²) in [5.41, 5.74) is 4.33. The highest BCUT2D eigenvalue weighted by atomic mass is 79.9. The van der Waals surface area contributed by atoms with Gasteiger partial charge in [-0.2, -0.15) is 5.10 Å². The molecule has 1 amide bonds. The number of hydrogen-bond donors (Lipinski definition) is 1. The van der Waals surface area contributed by atoms with E-state index in [1.807, 2.05) is 102 Å². The van der Waals surface area contributed by atoms with Gasteiger partial charge in [-0.1, -0.05) is 72.8 Å². The summed E-state index contributed by atoms with van der Waals surface area (Å²) in [4.78, 5) is 13.1. The van der Waals surface area contributed by atoms with Crippen molar-refractivity contribution in [2.45, 2.75) is 6.54 Å². The van der Waals surface area contributed by atoms with Gasteiger partial charge < -0.3 is 5.32 Å². The summed E-state index contributed by atoms with van der Waals surface area (Å²) in [6.07, 6.45) is 5.60. The fourth-order valence-electron chi connectivity index (χ4n) is 3.12. The average Bonchev–Trinajstić information content (AvgIpc) is 3.19. The van der Waals surface area contributed by atoms with Gasteiger partial charge in [-0.25, -0.2) is 0 Å². The van der Waals surface area contributed by atoms with Crippen LogP contribution in [0.2, 0.25) is 0 Å². The number of carbonyl (C=O) groups is 1. The summed E-state index contributed by atoms with van der Waals surface area (Å²) in [6.45, 7) is 0.670. The maximum absolute atomic E-state index is 13.1. The maximum atomic E-state index is 13.1. The fraction of sp³-hybridized carbons (Fsp3) is 0.0400. The molecule has 1 heterocycles. The van der Waals surface area contributed by atoms with Gasteiger partial charge in [0.05, 0.1) is 17.2 Å². The van der Waals surface area contributed by atoms with Crippen molar-refractivity contribution >= 4 is 39.2 Å². The molecule has 0 aliphatic carbocycles. The molecule has 4 nitrogen and oxygen atoms in total. The van der Waals surface area contributed by atoms with E-state index in [1.165, 1.54) is 0 Å². The molecule has 3 aromatic carbocycles. The van der Waals surface area contributed by atoms with Gasteiger partial charge in [-0.3, -0.25) is 9.48 Å². The van der Waals surface area contributed by atoms with Gasteiger partial charge in [0, 0.05) is 17.5 Å². The van der Waals surface area contributed by atoms with Gasteiger partial charge in [-0.15, -0.1) is 0 Å². The molecule has 4 aromatic rings. The highest BCUT2D eigenvalue weighted by Crippen LogP contribution is 2.21. The number of nitrogens with zero attached hydrogens (tertiary/aromatic N) is 2. The number of halogens is 1. The van der Waals surface area contributed by atoms with Crippen LogP contribution < -0.4 is 5.32 Å². The molecule has 0 unspecified atom stereocenters. The smallest absolute Gasteiger partial charge is 0.256 e. The highest BCUT2D eigenvalue weighted by Gasteiger charge is 2.12. The quantitative estimate of drug-likeness (QED) is 0.290. The number of carbonyl (C=O) groups excluding carboxylic acids is 1. The standard InChI is InChI=1S/C25H20BrN3O/c26-22-16-27-29(18-22)17-20-11-13-23(14-12-20)28-25(30)24(21-9-5-2-6-10-21)15-19-7-3-1-4-8-19/h1-16,18H,17H2,(H,28,30)/b24-15-. The zero-order chi connectivity index (χ0) is 20.8. The molecule has 5 heteroatoms. The first kappa shape index (κ1) is 19.9. The van der Waals surface area contributed by atoms with Crippen molar-refractivity contribution < 1.29 is 4.79 Å². The van der Waals surface area contributed by atoms with Crippen LogP contribution in [-0.4, -0.2) is 15.7 Å². The summed E-state index contributed by atoms with van der Waals surface area (Å²) in [5.74, 6) is -0.145. The minimum atomic E-state index is -0.145. The van der Waals surface area contributed by atoms with Gasteiger partial charge >= 0.3 is 0 Å². The molecule has 148 valence electrons. The third kappa shape index (κ3) is 5.13. The van der Waals surface area contributed by atoms with Gasteiger partial charge in [0.25, 0.3) is 5.91 Å². The van der Waals surface area contributed by atoms with Crippen molar-refractivity contribution in [3.8, 4) is 0 Å². The van der Waals surface area contributed by atoms with Crippen LogP contribution >= 0.6 is 15.9 Å². The zero-order valence-electron chi connectivity index (χ0n) is 16.2. The Kier molecular flexibility index (Phi) is 6.20. The molecule has 0 aliphatic heterocycles. The summed E-state index contributed by atoms with van der Waals surface area (Å²) in [7, 11) is 0. The number of nitrogens with one attached hydrogen (secondary N) is 1. The normalized spacial score (nSPS) is 11.3. The summed E-state index contributed by atoms with van der Waals surface area (Å²) in [6, 6.07) is 27.4. The summed E-state index contributed by atoms with van der Waals surface area (Å²) >= 11 is 3.40. The first-order valence-electron chi connectivity index (χ1n) is 9.58. The second-order valence-corrected chi connectivity index (χ2v) is 7.76. The van der Waals surface area contributed by atoms with Gasteiger partial charge in [0.2, 0.25) is 0 Å². The lowest BCUT2D eigenvalue weighted by Crippen LogP contribution is -2.13. The average molecular weight is 458 g/mol. The topological polar surface area (TPSA) is 46.9 Å². The Morgan fingerprint density at radius 3 is 2.23 bits per heavy atom. The van der Waals surface area contributed by atoms with Gasteiger partial charge in [0.15, 0.2) is 0 Å². The Morgan fingerprint density at radius 2 is 1.60 bits per heavy atom. The van der Waals surface area contributed by atoms with E-state index in [4.69, 9.17) is 0 Å². The number of amides is 1. The molecule has 1 aromatic heterocycles. The van der Waals surface area contributed by atoms with Crippen molar-refractivity contribution in [3.63, 3.8) is 0 Å². The minimum Gasteiger partial charge on any atom is -0.322 e. The Hall–Kier alpha value is -3.44. The predicted molar refractivity (Wildman–Crippen MR) is 125 cm³/mol. The predicted octanol–water partition coefficient (Wildman–Crippen LogP) is 5.87. The first-order chi connectivity index (χ1) is 14.7. The molecule has 0 saturated heterocycles. The Balaban J connectivity index is 1.53. The van der Waals surface area contributed by atoms with E-state index in [-0.39, 0.29) is 5.91 Å². The van der Waals surface area contributed by atoms with Crippen LogP contribution in [0.15, 0.2) is 102 Å². The van der Waals surface area contributed by atoms with E-state index >= 15 is 0 Å². The van der Waals surface area contributed by atoms with E-state index in [1.54, 1.807) is 6.20 Å². The highest BCUT2D eigenvalue weighted by molar-refractivity contribution is 9.10. The van der Waals surface area contributed by atoms with Crippen LogP contribution in [0.4, 0.5) is 5.69 Å². The van der Waals surface area contributed by atoms with E-state index in [2.05, 4.69) is 26.3 Å². The second kappa shape index (κ2) is 9.37. The lowest BCUT2D eigenvalue weighted by molar-refractivity contribution is -0.111. The SMILES string of the molecule is O=C(Nc1ccc(Cn2cc(Br)cn2)cc1)/C(=C\c1ccccc1)c1ccccc1. The number of anilines is 1. The molecule has 0 bridgehead atoms. The largest absolute Gasteiger partial charge is 0.322 e. The maximum Gasteiger partial charge on any atom is 0.256 e. The molecule has 4 rings (SSSR count). The molecule has 0 aliphatic rings. The fourth-order valence-corrected chi connectivity index (χ4v) is 3.45. The van der Waals surface area contributed by atoms with Crippen LogP contribution in [0, 0.1) is 0 Å². The molecule has 0 saturated carbocycles. The lowest BCUT2D eigenvalue weighted by atomic mass is 10.0. The van der Waals surface area contributed by atoms with Crippen molar-refractivity contribution in [3.05, 3.63) is 118 Å². The number of benzene rings is 3. The molecule has 30 heavy (non-hydrogen) atoms. The monoisotopic (exact) mass is 457 g/mol. The molecule has 0 spiro atoms. The first-order valence-corrected chi connectivity index (χ1v) is 10.4. The zero-order valence-corrected chi connectivity index (χ0v) is 17.8. The van der Waals surface area contributed by atoms with Crippen LogP contribution in [0.25, 0.3) is 11.6 Å². The molecule has 0 radical (unpaired) electrons. The van der Waals surface area contributed by atoms with Crippen LogP contribution in [0.1, 0.15) is 16.7 Å². The van der Waals surface area contributed by atoms with Crippen molar-refractivity contribution in [2.24, 2.45) is 0 Å². The summed E-state index contributed by atoms with van der Waals surface area (Å²) < 4.78 is 2.80. The van der Waals surface area contributed by atoms with E-state index < -0.39 is 0 Å². The van der Waals surface area contributed by atoms with Crippen LogP contribution in [-0.2, 0) is 11.3 Å². The van der Waals surface area contributed by atoms with Crippen LogP contribution in [0.5, 0.6) is 0 Å². The van der Waals surface area contributed by atoms with Gasteiger partial charge in [0.1, 0.15) is 0 Å². The Morgan fingerprint density at radius 1 is 0.933 bits per heavy atom. The molecule has 0 atom stereocenters. The Bertz CT molecular complexity index is 1150. The molecular weight excluding hydrogens is 438 g/mol. The van der Waals surface area contributed by atoms with E-state index in [0.717, 1.165) is 26.9 Å². The molecular formula is C25H20BrN3O. The third-order valence-electron chi connectivity index (χ3n) is 4.60. The van der Waals surface area contributed by atoms with Crippen molar-refractivity contribution in [1.82, 2.24) is 9.78 Å². The van der Waals surface area contributed by atoms with Crippen LogP contribution in [0.3, 0.4) is 0 Å². The molecule has 0 fully saturated rings. The van der Waals surface area contributed by atoms with Crippen molar-refractivity contribution in [2.75, 3.05) is 5.32 Å². The minimum absolute atomic E-state index is 0.145. The van der Waals surface area contributed by atoms with Gasteiger partial charge in [-0.05, 0) is 50.8 Å². The number of hydrogen-bond acceptors (Lipinski definition) is 2. The number of aromatic nitrogens is 2. The summed E-state index contributed by atoms with van der Waals surface area (Å²) in [5, 5.41) is 7.29. The molecule has 1 N–H and O–H groups in total. The second-order valence-electron chi connectivity index (χ2n) is 6.84. The van der Waals surface area contributed by atoms with E-state index in [0.29, 0.717) is 12.1 Å². The number of rotatable bonds is 6. The Labute approximate surface area is 184 Å². The van der Waals surface area contributed by atoms with E-state index in [9.17, 15) is 4.79 Å². The third-order valence-corrected chi connectivity index (χ3v) is 5.01. The van der Waals surface area contributed by atoms with Crippen molar-refractivity contribution in [1.29, 1.82) is 0 Å². The lowest BCUT2D eigenvalue weighted by Gasteiger charge is -2.11.